The average Bonchev–Trinajstić information content (AvgIpc) is 2.78. The van der Waals surface area contributed by atoms with E-state index in [0.29, 0.717) is 29.0 Å². The Labute approximate surface area is 181 Å². The molecule has 6 heteroatoms. The van der Waals surface area contributed by atoms with Crippen LogP contribution in [0.3, 0.4) is 0 Å². The van der Waals surface area contributed by atoms with Crippen molar-refractivity contribution in [2.45, 2.75) is 32.1 Å². The number of rotatable bonds is 5. The minimum absolute atomic E-state index is 0.0876. The lowest BCUT2D eigenvalue weighted by Gasteiger charge is -2.34. The number of nitrogens with one attached hydrogen (secondary N) is 2. The Balaban J connectivity index is 1.78. The number of anilines is 1. The van der Waals surface area contributed by atoms with Crippen LogP contribution in [0.5, 0.6) is 11.5 Å². The maximum absolute atomic E-state index is 13.5. The molecule has 2 aliphatic rings. The summed E-state index contributed by atoms with van der Waals surface area (Å²) in [6.07, 6.45) is 2.11. The number of amides is 1. The molecule has 1 unspecified atom stereocenters. The lowest BCUT2D eigenvalue weighted by Crippen LogP contribution is -2.35. The number of ketones is 1. The first kappa shape index (κ1) is 20.7. The van der Waals surface area contributed by atoms with E-state index in [0.717, 1.165) is 35.5 Å². The molecule has 0 bridgehead atoms. The largest absolute Gasteiger partial charge is 0.497 e. The second-order valence-corrected chi connectivity index (χ2v) is 7.69. The number of hydrogen-bond donors (Lipinski definition) is 2. The van der Waals surface area contributed by atoms with Crippen LogP contribution in [0, 0.1) is 0 Å². The normalized spacial score (nSPS) is 18.3. The number of allylic oxidation sites excluding steroid dienone is 3. The highest BCUT2D eigenvalue weighted by molar-refractivity contribution is 6.10. The molecule has 0 saturated heterocycles. The summed E-state index contributed by atoms with van der Waals surface area (Å²) in [6.45, 7) is 1.89. The van der Waals surface area contributed by atoms with Gasteiger partial charge in [-0.05, 0) is 49.6 Å². The minimum Gasteiger partial charge on any atom is -0.497 e. The number of carbonyl (C=O) groups is 2. The quantitative estimate of drug-likeness (QED) is 0.757. The summed E-state index contributed by atoms with van der Waals surface area (Å²) >= 11 is 0. The fourth-order valence-corrected chi connectivity index (χ4v) is 4.35. The van der Waals surface area contributed by atoms with Crippen molar-refractivity contribution in [3.8, 4) is 11.5 Å². The van der Waals surface area contributed by atoms with Crippen LogP contribution < -0.4 is 20.1 Å². The molecule has 4 rings (SSSR count). The molecule has 0 spiro atoms. The number of dihydropyridines is 1. The van der Waals surface area contributed by atoms with Crippen molar-refractivity contribution in [1.29, 1.82) is 0 Å². The maximum Gasteiger partial charge on any atom is 0.254 e. The van der Waals surface area contributed by atoms with Gasteiger partial charge in [0.05, 0.1) is 19.9 Å². The molecule has 1 aliphatic carbocycles. The van der Waals surface area contributed by atoms with Crippen LogP contribution in [0.15, 0.2) is 71.1 Å². The van der Waals surface area contributed by atoms with Gasteiger partial charge in [-0.15, -0.1) is 0 Å². The predicted octanol–water partition coefficient (Wildman–Crippen LogP) is 4.31. The molecule has 1 aliphatic heterocycles. The zero-order valence-corrected chi connectivity index (χ0v) is 18.0. The van der Waals surface area contributed by atoms with Crippen LogP contribution in [0.1, 0.15) is 37.7 Å². The van der Waals surface area contributed by atoms with Crippen LogP contribution in [-0.4, -0.2) is 25.9 Å². The Bertz CT molecular complexity index is 1080. The summed E-state index contributed by atoms with van der Waals surface area (Å²) in [4.78, 5) is 26.5. The van der Waals surface area contributed by atoms with E-state index in [9.17, 15) is 9.59 Å². The van der Waals surface area contributed by atoms with Gasteiger partial charge in [0.1, 0.15) is 11.5 Å². The summed E-state index contributed by atoms with van der Waals surface area (Å²) in [5.41, 5.74) is 4.36. The molecule has 1 amide bonds. The van der Waals surface area contributed by atoms with Crippen LogP contribution >= 0.6 is 0 Å². The van der Waals surface area contributed by atoms with Crippen LogP contribution in [0.2, 0.25) is 0 Å². The Morgan fingerprint density at radius 2 is 1.77 bits per heavy atom. The summed E-state index contributed by atoms with van der Waals surface area (Å²) in [7, 11) is 3.18. The van der Waals surface area contributed by atoms with E-state index in [2.05, 4.69) is 10.6 Å². The minimum atomic E-state index is -0.440. The van der Waals surface area contributed by atoms with Crippen molar-refractivity contribution in [1.82, 2.24) is 5.32 Å². The van der Waals surface area contributed by atoms with Gasteiger partial charge < -0.3 is 20.1 Å². The molecule has 160 valence electrons. The van der Waals surface area contributed by atoms with Crippen LogP contribution in [-0.2, 0) is 9.59 Å². The third kappa shape index (κ3) is 3.93. The first-order valence-corrected chi connectivity index (χ1v) is 10.4. The highest BCUT2D eigenvalue weighted by Gasteiger charge is 2.38. The van der Waals surface area contributed by atoms with Gasteiger partial charge in [0.25, 0.3) is 5.91 Å². The van der Waals surface area contributed by atoms with Gasteiger partial charge in [-0.3, -0.25) is 9.59 Å². The highest BCUT2D eigenvalue weighted by Crippen LogP contribution is 2.43. The predicted molar refractivity (Wildman–Crippen MR) is 119 cm³/mol. The molecular formula is C25H26N2O4. The van der Waals surface area contributed by atoms with Gasteiger partial charge in [0.2, 0.25) is 0 Å². The number of methoxy groups -OCH3 is 2. The number of hydrogen-bond acceptors (Lipinski definition) is 5. The van der Waals surface area contributed by atoms with E-state index < -0.39 is 5.92 Å². The van der Waals surface area contributed by atoms with E-state index in [4.69, 9.17) is 9.47 Å². The van der Waals surface area contributed by atoms with Crippen molar-refractivity contribution in [2.75, 3.05) is 19.5 Å². The zero-order valence-electron chi connectivity index (χ0n) is 18.0. The molecule has 0 radical (unpaired) electrons. The van der Waals surface area contributed by atoms with E-state index in [-0.39, 0.29) is 11.7 Å². The van der Waals surface area contributed by atoms with Gasteiger partial charge >= 0.3 is 0 Å². The van der Waals surface area contributed by atoms with Crippen molar-refractivity contribution >= 4 is 17.4 Å². The Morgan fingerprint density at radius 3 is 2.48 bits per heavy atom. The van der Waals surface area contributed by atoms with E-state index in [1.807, 2.05) is 43.3 Å². The first-order chi connectivity index (χ1) is 15.0. The molecule has 31 heavy (non-hydrogen) atoms. The molecule has 1 heterocycles. The molecular weight excluding hydrogens is 392 g/mol. The number of ether oxygens (including phenoxy) is 2. The molecule has 0 saturated carbocycles. The zero-order chi connectivity index (χ0) is 22.0. The van der Waals surface area contributed by atoms with Crippen molar-refractivity contribution in [3.05, 3.63) is 76.6 Å². The number of Topliss-reactive ketones (excluding diaryl/α,β-unsaturated/α-hetero) is 1. The number of carbonyl (C=O) groups excluding carboxylic acids is 2. The highest BCUT2D eigenvalue weighted by atomic mass is 16.5. The van der Waals surface area contributed by atoms with Crippen molar-refractivity contribution < 1.29 is 19.1 Å². The smallest absolute Gasteiger partial charge is 0.254 e. The monoisotopic (exact) mass is 418 g/mol. The average molecular weight is 418 g/mol. The third-order valence-corrected chi connectivity index (χ3v) is 5.82. The van der Waals surface area contributed by atoms with Crippen LogP contribution in [0.25, 0.3) is 0 Å². The molecule has 2 aromatic carbocycles. The standard InChI is InChI=1S/C25H26N2O4/c1-15-22(25(29)27-18-7-4-5-10-21(18)31-3)23(16-11-13-17(30-2)14-12-16)24-19(26-15)8-6-9-20(24)28/h4-5,7,10-14,23,26H,6,8-9H2,1-3H3,(H,27,29). The lowest BCUT2D eigenvalue weighted by molar-refractivity contribution is -0.116. The third-order valence-electron chi connectivity index (χ3n) is 5.82. The summed E-state index contributed by atoms with van der Waals surface area (Å²) in [6, 6.07) is 14.8. The maximum atomic E-state index is 13.5. The van der Waals surface area contributed by atoms with E-state index in [1.165, 1.54) is 0 Å². The van der Waals surface area contributed by atoms with Crippen molar-refractivity contribution in [3.63, 3.8) is 0 Å². The molecule has 0 fully saturated rings. The number of benzene rings is 2. The second-order valence-electron chi connectivity index (χ2n) is 7.69. The van der Waals surface area contributed by atoms with Gasteiger partial charge in [-0.25, -0.2) is 0 Å². The SMILES string of the molecule is COc1ccc(C2C(C(=O)Nc3ccccc3OC)=C(C)NC3=C2C(=O)CCC3)cc1. The fourth-order valence-electron chi connectivity index (χ4n) is 4.35. The molecule has 6 nitrogen and oxygen atoms in total. The number of para-hydroxylation sites is 2. The molecule has 2 N–H and O–H groups in total. The van der Waals surface area contributed by atoms with Gasteiger partial charge in [-0.1, -0.05) is 24.3 Å². The first-order valence-electron chi connectivity index (χ1n) is 10.4. The lowest BCUT2D eigenvalue weighted by atomic mass is 9.75. The van der Waals surface area contributed by atoms with Gasteiger partial charge in [0, 0.05) is 34.9 Å². The van der Waals surface area contributed by atoms with Crippen molar-refractivity contribution in [2.24, 2.45) is 0 Å². The summed E-state index contributed by atoms with van der Waals surface area (Å²) in [5.74, 6) is 0.685. The second kappa shape index (κ2) is 8.68. The Kier molecular flexibility index (Phi) is 5.80. The van der Waals surface area contributed by atoms with E-state index >= 15 is 0 Å². The Hall–Kier alpha value is -3.54. The molecule has 2 aromatic rings. The van der Waals surface area contributed by atoms with Crippen LogP contribution in [0.4, 0.5) is 5.69 Å². The Morgan fingerprint density at radius 1 is 1.03 bits per heavy atom. The van der Waals surface area contributed by atoms with E-state index in [1.54, 1.807) is 26.4 Å². The van der Waals surface area contributed by atoms with Gasteiger partial charge in [-0.2, -0.15) is 0 Å². The fraction of sp³-hybridized carbons (Fsp3) is 0.280. The topological polar surface area (TPSA) is 76.7 Å². The molecule has 1 atom stereocenters. The summed E-state index contributed by atoms with van der Waals surface area (Å²) < 4.78 is 10.7. The molecule has 0 aromatic heterocycles. The van der Waals surface area contributed by atoms with Gasteiger partial charge in [0.15, 0.2) is 5.78 Å². The summed E-state index contributed by atoms with van der Waals surface area (Å²) in [5, 5.41) is 6.31.